The predicted molar refractivity (Wildman–Crippen MR) is 97.0 cm³/mol. The molecule has 0 saturated carbocycles. The van der Waals surface area contributed by atoms with E-state index in [4.69, 9.17) is 0 Å². The molecule has 2 aromatic carbocycles. The Balaban J connectivity index is 1.63. The summed E-state index contributed by atoms with van der Waals surface area (Å²) in [6.45, 7) is 1.98. The van der Waals surface area contributed by atoms with Crippen molar-refractivity contribution in [3.8, 4) is 11.3 Å². The molecule has 1 heterocycles. The molecule has 0 aliphatic heterocycles. The molecule has 0 aliphatic carbocycles. The van der Waals surface area contributed by atoms with Gasteiger partial charge in [0.1, 0.15) is 16.4 Å². The fourth-order valence-electron chi connectivity index (χ4n) is 2.53. The maximum Gasteiger partial charge on any atom is 0.265 e. The monoisotopic (exact) mass is 355 g/mol. The molecule has 1 atom stereocenters. The molecule has 0 unspecified atom stereocenters. The molecule has 0 aliphatic rings. The summed E-state index contributed by atoms with van der Waals surface area (Å²) in [6.07, 6.45) is 1.74. The number of aryl methyl sites for hydroxylation is 1. The van der Waals surface area contributed by atoms with Gasteiger partial charge in [0.25, 0.3) is 5.91 Å². The van der Waals surface area contributed by atoms with Crippen molar-refractivity contribution in [3.63, 3.8) is 0 Å². The highest BCUT2D eigenvalue weighted by Crippen LogP contribution is 2.24. The van der Waals surface area contributed by atoms with E-state index in [0.717, 1.165) is 24.4 Å². The Bertz CT molecular complexity index is 833. The maximum atomic E-state index is 13.1. The Kier molecular flexibility index (Phi) is 5.50. The van der Waals surface area contributed by atoms with E-state index in [9.17, 15) is 9.18 Å². The average molecular weight is 355 g/mol. The molecule has 128 valence electrons. The van der Waals surface area contributed by atoms with Crippen LogP contribution in [0.3, 0.4) is 0 Å². The second-order valence-corrected chi connectivity index (χ2v) is 6.61. The molecule has 1 N–H and O–H groups in total. The number of benzene rings is 2. The fourth-order valence-corrected chi connectivity index (χ4v) is 3.12. The summed E-state index contributed by atoms with van der Waals surface area (Å²) < 4.78 is 17.0. The molecule has 3 aromatic rings. The van der Waals surface area contributed by atoms with E-state index in [2.05, 4.69) is 27.0 Å². The third kappa shape index (κ3) is 4.48. The summed E-state index contributed by atoms with van der Waals surface area (Å²) in [4.78, 5) is 13.0. The van der Waals surface area contributed by atoms with Gasteiger partial charge in [-0.05, 0) is 61.1 Å². The minimum absolute atomic E-state index is 0.0240. The number of carbonyl (C=O) groups is 1. The number of amides is 1. The Morgan fingerprint density at radius 2 is 1.88 bits per heavy atom. The van der Waals surface area contributed by atoms with Crippen LogP contribution in [0.2, 0.25) is 0 Å². The number of nitrogens with zero attached hydrogens (tertiary/aromatic N) is 2. The van der Waals surface area contributed by atoms with Crippen molar-refractivity contribution in [2.24, 2.45) is 0 Å². The van der Waals surface area contributed by atoms with Gasteiger partial charge in [0, 0.05) is 11.6 Å². The van der Waals surface area contributed by atoms with Crippen LogP contribution in [0.5, 0.6) is 0 Å². The first-order valence-electron chi connectivity index (χ1n) is 8.06. The first kappa shape index (κ1) is 17.2. The summed E-state index contributed by atoms with van der Waals surface area (Å²) in [7, 11) is 0. The lowest BCUT2D eigenvalue weighted by atomic mass is 10.1. The highest BCUT2D eigenvalue weighted by atomic mass is 32.1. The lowest BCUT2D eigenvalue weighted by Gasteiger charge is -2.13. The van der Waals surface area contributed by atoms with E-state index in [1.54, 1.807) is 12.1 Å². The lowest BCUT2D eigenvalue weighted by Crippen LogP contribution is -2.32. The van der Waals surface area contributed by atoms with Crippen molar-refractivity contribution in [2.45, 2.75) is 25.8 Å². The van der Waals surface area contributed by atoms with Crippen molar-refractivity contribution < 1.29 is 9.18 Å². The van der Waals surface area contributed by atoms with Crippen LogP contribution < -0.4 is 5.32 Å². The molecule has 4 nitrogen and oxygen atoms in total. The Labute approximate surface area is 149 Å². The first-order valence-corrected chi connectivity index (χ1v) is 8.84. The van der Waals surface area contributed by atoms with Gasteiger partial charge >= 0.3 is 0 Å². The van der Waals surface area contributed by atoms with E-state index in [-0.39, 0.29) is 17.8 Å². The van der Waals surface area contributed by atoms with Crippen LogP contribution in [0, 0.1) is 5.82 Å². The highest BCUT2D eigenvalue weighted by molar-refractivity contribution is 7.08. The maximum absolute atomic E-state index is 13.1. The van der Waals surface area contributed by atoms with E-state index < -0.39 is 0 Å². The topological polar surface area (TPSA) is 54.9 Å². The van der Waals surface area contributed by atoms with Crippen LogP contribution in [0.15, 0.2) is 54.6 Å². The van der Waals surface area contributed by atoms with Crippen molar-refractivity contribution in [2.75, 3.05) is 0 Å². The van der Waals surface area contributed by atoms with Gasteiger partial charge in [-0.25, -0.2) is 4.39 Å². The molecule has 3 rings (SSSR count). The van der Waals surface area contributed by atoms with Crippen LogP contribution >= 0.6 is 11.5 Å². The zero-order valence-electron chi connectivity index (χ0n) is 13.8. The molecule has 25 heavy (non-hydrogen) atoms. The van der Waals surface area contributed by atoms with E-state index >= 15 is 0 Å². The van der Waals surface area contributed by atoms with Crippen molar-refractivity contribution in [1.82, 2.24) is 14.9 Å². The Hall–Kier alpha value is -2.60. The molecule has 0 bridgehead atoms. The number of nitrogens with one attached hydrogen (secondary N) is 1. The van der Waals surface area contributed by atoms with Crippen molar-refractivity contribution in [3.05, 3.63) is 70.9 Å². The summed E-state index contributed by atoms with van der Waals surface area (Å²) >= 11 is 1.05. The minimum Gasteiger partial charge on any atom is -0.349 e. The van der Waals surface area contributed by atoms with Gasteiger partial charge < -0.3 is 5.32 Å². The first-order chi connectivity index (χ1) is 12.1. The number of aromatic nitrogens is 2. The third-order valence-electron chi connectivity index (χ3n) is 3.90. The van der Waals surface area contributed by atoms with Gasteiger partial charge in [0.2, 0.25) is 0 Å². The second kappa shape index (κ2) is 7.98. The van der Waals surface area contributed by atoms with Crippen LogP contribution in [0.1, 0.15) is 28.6 Å². The molecule has 0 radical (unpaired) electrons. The van der Waals surface area contributed by atoms with Crippen molar-refractivity contribution >= 4 is 17.4 Å². The summed E-state index contributed by atoms with van der Waals surface area (Å²) in [5.74, 6) is -0.526. The standard InChI is InChI=1S/C19H18FN3OS/c1-13(7-8-14-5-3-2-4-6-14)21-19(24)18-17(22-23-25-18)15-9-11-16(20)12-10-15/h2-6,9-13H,7-8H2,1H3,(H,21,24)/t13-/m0/s1. The molecule has 0 spiro atoms. The smallest absolute Gasteiger partial charge is 0.265 e. The van der Waals surface area contributed by atoms with Crippen molar-refractivity contribution in [1.29, 1.82) is 0 Å². The van der Waals surface area contributed by atoms with E-state index in [0.29, 0.717) is 16.1 Å². The Morgan fingerprint density at radius 1 is 1.16 bits per heavy atom. The number of carbonyl (C=O) groups excluding carboxylic acids is 1. The van der Waals surface area contributed by atoms with Gasteiger partial charge in [-0.1, -0.05) is 34.8 Å². The van der Waals surface area contributed by atoms with Crippen LogP contribution in [-0.4, -0.2) is 21.5 Å². The molecule has 6 heteroatoms. The Morgan fingerprint density at radius 3 is 2.60 bits per heavy atom. The van der Waals surface area contributed by atoms with Gasteiger partial charge in [0.05, 0.1) is 0 Å². The lowest BCUT2D eigenvalue weighted by molar-refractivity contribution is 0.0943. The van der Waals surface area contributed by atoms with Gasteiger partial charge in [-0.15, -0.1) is 5.10 Å². The normalized spacial score (nSPS) is 11.9. The molecule has 1 aromatic heterocycles. The van der Waals surface area contributed by atoms with Gasteiger partial charge in [0.15, 0.2) is 0 Å². The number of halogens is 1. The molecule has 0 fully saturated rings. The van der Waals surface area contributed by atoms with E-state index in [1.807, 2.05) is 25.1 Å². The summed E-state index contributed by atoms with van der Waals surface area (Å²) in [6, 6.07) is 16.1. The van der Waals surface area contributed by atoms with Crippen LogP contribution in [-0.2, 0) is 6.42 Å². The number of hydrogen-bond acceptors (Lipinski definition) is 4. The minimum atomic E-state index is -0.326. The third-order valence-corrected chi connectivity index (χ3v) is 4.62. The second-order valence-electron chi connectivity index (χ2n) is 5.86. The molecular weight excluding hydrogens is 337 g/mol. The van der Waals surface area contributed by atoms with Crippen LogP contribution in [0.25, 0.3) is 11.3 Å². The fraction of sp³-hybridized carbons (Fsp3) is 0.211. The zero-order valence-corrected chi connectivity index (χ0v) is 14.6. The SMILES string of the molecule is C[C@@H](CCc1ccccc1)NC(=O)c1snnc1-c1ccc(F)cc1. The number of hydrogen-bond donors (Lipinski definition) is 1. The zero-order chi connectivity index (χ0) is 17.6. The van der Waals surface area contributed by atoms with Crippen LogP contribution in [0.4, 0.5) is 4.39 Å². The average Bonchev–Trinajstić information content (AvgIpc) is 3.11. The summed E-state index contributed by atoms with van der Waals surface area (Å²) in [5, 5.41) is 7.01. The van der Waals surface area contributed by atoms with Gasteiger partial charge in [-0.3, -0.25) is 4.79 Å². The van der Waals surface area contributed by atoms with Gasteiger partial charge in [-0.2, -0.15) is 0 Å². The highest BCUT2D eigenvalue weighted by Gasteiger charge is 2.19. The molecule has 0 saturated heterocycles. The molecular formula is C19H18FN3OS. The quantitative estimate of drug-likeness (QED) is 0.724. The number of rotatable bonds is 6. The largest absolute Gasteiger partial charge is 0.349 e. The van der Waals surface area contributed by atoms with E-state index in [1.165, 1.54) is 17.7 Å². The molecule has 1 amide bonds. The summed E-state index contributed by atoms with van der Waals surface area (Å²) in [5.41, 5.74) is 2.41. The predicted octanol–water partition coefficient (Wildman–Crippen LogP) is 4.10.